The molecule has 0 amide bonds. The van der Waals surface area contributed by atoms with Crippen LogP contribution >= 0.6 is 24.0 Å². The van der Waals surface area contributed by atoms with Gasteiger partial charge in [0, 0.05) is 20.1 Å². The van der Waals surface area contributed by atoms with Crippen molar-refractivity contribution in [3.63, 3.8) is 0 Å². The van der Waals surface area contributed by atoms with Gasteiger partial charge in [0.2, 0.25) is 0 Å². The summed E-state index contributed by atoms with van der Waals surface area (Å²) >= 11 is 0. The van der Waals surface area contributed by atoms with Crippen molar-refractivity contribution in [1.82, 2.24) is 10.6 Å². The Hall–Kier alpha value is -0.980. The molecule has 2 N–H and O–H groups in total. The van der Waals surface area contributed by atoms with Crippen LogP contribution in [0.1, 0.15) is 32.3 Å². The van der Waals surface area contributed by atoms with Crippen molar-refractivity contribution in [2.45, 2.75) is 33.1 Å². The number of hydrogen-bond acceptors (Lipinski definition) is 2. The topological polar surface area (TPSA) is 45.7 Å². The van der Waals surface area contributed by atoms with E-state index in [1.54, 1.807) is 0 Å². The molecule has 0 unspecified atom stereocenters. The van der Waals surface area contributed by atoms with Crippen molar-refractivity contribution >= 4 is 29.9 Å². The summed E-state index contributed by atoms with van der Waals surface area (Å²) in [6, 6.07) is 8.38. The van der Waals surface area contributed by atoms with Gasteiger partial charge in [-0.05, 0) is 48.8 Å². The summed E-state index contributed by atoms with van der Waals surface area (Å²) in [5.41, 5.74) is 1.31. The zero-order valence-electron chi connectivity index (χ0n) is 14.5. The molecule has 0 bridgehead atoms. The van der Waals surface area contributed by atoms with E-state index in [0.29, 0.717) is 5.92 Å². The van der Waals surface area contributed by atoms with Crippen LogP contribution in [0.25, 0.3) is 0 Å². The van der Waals surface area contributed by atoms with Gasteiger partial charge in [-0.3, -0.25) is 4.99 Å². The second-order valence-electron chi connectivity index (χ2n) is 6.42. The van der Waals surface area contributed by atoms with E-state index in [-0.39, 0.29) is 24.0 Å². The molecule has 1 fully saturated rings. The molecule has 0 aliphatic heterocycles. The number of benzene rings is 1. The van der Waals surface area contributed by atoms with Crippen LogP contribution in [0.5, 0.6) is 5.75 Å². The van der Waals surface area contributed by atoms with Crippen LogP contribution in [0.15, 0.2) is 29.3 Å². The normalized spacial score (nSPS) is 14.3. The molecule has 0 saturated heterocycles. The average molecular weight is 431 g/mol. The summed E-state index contributed by atoms with van der Waals surface area (Å²) in [5.74, 6) is 3.27. The number of nitrogens with zero attached hydrogens (tertiary/aromatic N) is 1. The van der Waals surface area contributed by atoms with Gasteiger partial charge in [0.05, 0.1) is 6.61 Å². The third kappa shape index (κ3) is 8.44. The Bertz CT molecular complexity index is 470. The molecule has 130 valence electrons. The summed E-state index contributed by atoms with van der Waals surface area (Å²) in [6.07, 6.45) is 3.69. The molecule has 23 heavy (non-hydrogen) atoms. The summed E-state index contributed by atoms with van der Waals surface area (Å²) in [6.45, 7) is 7.01. The standard InChI is InChI=1S/C18H29N3O.HI/c1-14(2)13-22-17-8-6-15(7-9-17)10-11-20-18(19-3)21-12-16-4-5-16;/h6-9,14,16H,4-5,10-13H2,1-3H3,(H2,19,20,21);1H. The first-order valence-corrected chi connectivity index (χ1v) is 8.33. The van der Waals surface area contributed by atoms with Crippen molar-refractivity contribution in [3.05, 3.63) is 29.8 Å². The van der Waals surface area contributed by atoms with Gasteiger partial charge in [-0.25, -0.2) is 0 Å². The maximum atomic E-state index is 5.70. The molecule has 1 aliphatic carbocycles. The molecule has 5 heteroatoms. The minimum Gasteiger partial charge on any atom is -0.493 e. The van der Waals surface area contributed by atoms with E-state index in [1.165, 1.54) is 18.4 Å². The molecule has 2 rings (SSSR count). The van der Waals surface area contributed by atoms with Crippen LogP contribution in [0.4, 0.5) is 0 Å². The Kier molecular flexibility index (Phi) is 9.36. The van der Waals surface area contributed by atoms with Crippen LogP contribution in [0.3, 0.4) is 0 Å². The fraction of sp³-hybridized carbons (Fsp3) is 0.611. The van der Waals surface area contributed by atoms with Gasteiger partial charge >= 0.3 is 0 Å². The zero-order valence-corrected chi connectivity index (χ0v) is 16.8. The SMILES string of the molecule is CN=C(NCCc1ccc(OCC(C)C)cc1)NCC1CC1.I. The smallest absolute Gasteiger partial charge is 0.190 e. The van der Waals surface area contributed by atoms with Gasteiger partial charge in [0.25, 0.3) is 0 Å². The van der Waals surface area contributed by atoms with Gasteiger partial charge in [-0.1, -0.05) is 26.0 Å². The molecular formula is C18H30IN3O. The average Bonchev–Trinajstić information content (AvgIpc) is 3.34. The fourth-order valence-electron chi connectivity index (χ4n) is 2.12. The molecule has 0 atom stereocenters. The minimum absolute atomic E-state index is 0. The zero-order chi connectivity index (χ0) is 15.8. The van der Waals surface area contributed by atoms with Crippen LogP contribution in [-0.2, 0) is 6.42 Å². The Morgan fingerprint density at radius 3 is 2.48 bits per heavy atom. The Morgan fingerprint density at radius 1 is 1.22 bits per heavy atom. The second kappa shape index (κ2) is 10.7. The van der Waals surface area contributed by atoms with Gasteiger partial charge in [0.15, 0.2) is 5.96 Å². The lowest BCUT2D eigenvalue weighted by Gasteiger charge is -2.12. The van der Waals surface area contributed by atoms with Crippen molar-refractivity contribution in [1.29, 1.82) is 0 Å². The van der Waals surface area contributed by atoms with Crippen LogP contribution < -0.4 is 15.4 Å². The fourth-order valence-corrected chi connectivity index (χ4v) is 2.12. The summed E-state index contributed by atoms with van der Waals surface area (Å²) in [5, 5.41) is 6.74. The van der Waals surface area contributed by atoms with Crippen LogP contribution in [0.2, 0.25) is 0 Å². The predicted octanol–water partition coefficient (Wildman–Crippen LogP) is 3.46. The largest absolute Gasteiger partial charge is 0.493 e. The number of hydrogen-bond donors (Lipinski definition) is 2. The highest BCUT2D eigenvalue weighted by molar-refractivity contribution is 14.0. The number of guanidine groups is 1. The second-order valence-corrected chi connectivity index (χ2v) is 6.42. The summed E-state index contributed by atoms with van der Waals surface area (Å²) in [4.78, 5) is 4.25. The molecule has 1 aromatic rings. The highest BCUT2D eigenvalue weighted by Crippen LogP contribution is 2.27. The number of rotatable bonds is 8. The van der Waals surface area contributed by atoms with Gasteiger partial charge in [-0.2, -0.15) is 0 Å². The van der Waals surface area contributed by atoms with Crippen LogP contribution in [0, 0.1) is 11.8 Å². The molecular weight excluding hydrogens is 401 g/mol. The number of halogens is 1. The van der Waals surface area contributed by atoms with E-state index < -0.39 is 0 Å². The van der Waals surface area contributed by atoms with Crippen molar-refractivity contribution in [2.24, 2.45) is 16.8 Å². The molecule has 1 aliphatic rings. The third-order valence-electron chi connectivity index (χ3n) is 3.69. The number of aliphatic imine (C=N–C) groups is 1. The monoisotopic (exact) mass is 431 g/mol. The van der Waals surface area contributed by atoms with Crippen molar-refractivity contribution in [3.8, 4) is 5.75 Å². The predicted molar refractivity (Wildman–Crippen MR) is 108 cm³/mol. The Morgan fingerprint density at radius 2 is 1.91 bits per heavy atom. The van der Waals surface area contributed by atoms with E-state index in [9.17, 15) is 0 Å². The first-order valence-electron chi connectivity index (χ1n) is 8.33. The van der Waals surface area contributed by atoms with E-state index in [2.05, 4.69) is 53.7 Å². The lowest BCUT2D eigenvalue weighted by Crippen LogP contribution is -2.39. The maximum absolute atomic E-state index is 5.70. The van der Waals surface area contributed by atoms with E-state index in [4.69, 9.17) is 4.74 Å². The maximum Gasteiger partial charge on any atom is 0.190 e. The highest BCUT2D eigenvalue weighted by atomic mass is 127. The van der Waals surface area contributed by atoms with Crippen molar-refractivity contribution < 1.29 is 4.74 Å². The molecule has 0 heterocycles. The number of ether oxygens (including phenoxy) is 1. The molecule has 0 aromatic heterocycles. The molecule has 4 nitrogen and oxygen atoms in total. The van der Waals surface area contributed by atoms with E-state index in [0.717, 1.165) is 43.7 Å². The molecule has 1 saturated carbocycles. The lowest BCUT2D eigenvalue weighted by atomic mass is 10.1. The van der Waals surface area contributed by atoms with Gasteiger partial charge < -0.3 is 15.4 Å². The van der Waals surface area contributed by atoms with Gasteiger partial charge in [0.1, 0.15) is 5.75 Å². The highest BCUT2D eigenvalue weighted by Gasteiger charge is 2.20. The Balaban J connectivity index is 0.00000264. The Labute approximate surface area is 157 Å². The third-order valence-corrected chi connectivity index (χ3v) is 3.69. The van der Waals surface area contributed by atoms with Crippen LogP contribution in [-0.4, -0.2) is 32.7 Å². The first-order chi connectivity index (χ1) is 10.7. The lowest BCUT2D eigenvalue weighted by molar-refractivity contribution is 0.271. The molecule has 1 aromatic carbocycles. The van der Waals surface area contributed by atoms with Crippen molar-refractivity contribution in [2.75, 3.05) is 26.7 Å². The molecule has 0 spiro atoms. The van der Waals surface area contributed by atoms with Gasteiger partial charge in [-0.15, -0.1) is 24.0 Å². The quantitative estimate of drug-likeness (QED) is 0.377. The van der Waals surface area contributed by atoms with E-state index >= 15 is 0 Å². The summed E-state index contributed by atoms with van der Waals surface area (Å²) in [7, 11) is 1.82. The van der Waals surface area contributed by atoms with E-state index in [1.807, 2.05) is 7.05 Å². The number of nitrogens with one attached hydrogen (secondary N) is 2. The summed E-state index contributed by atoms with van der Waals surface area (Å²) < 4.78 is 5.70. The molecule has 0 radical (unpaired) electrons. The first kappa shape index (κ1) is 20.1. The minimum atomic E-state index is 0.